The van der Waals surface area contributed by atoms with E-state index in [0.29, 0.717) is 11.6 Å². The Morgan fingerprint density at radius 1 is 1.10 bits per heavy atom. The van der Waals surface area contributed by atoms with Gasteiger partial charge in [-0.15, -0.1) is 0 Å². The molecule has 0 unspecified atom stereocenters. The number of nitrogens with zero attached hydrogens (tertiary/aromatic N) is 2. The highest BCUT2D eigenvalue weighted by molar-refractivity contribution is 6.30. The fourth-order valence-corrected chi connectivity index (χ4v) is 2.16. The van der Waals surface area contributed by atoms with E-state index in [1.807, 2.05) is 36.4 Å². The van der Waals surface area contributed by atoms with Crippen LogP contribution in [0.3, 0.4) is 0 Å². The highest BCUT2D eigenvalue weighted by atomic mass is 35.5. The van der Waals surface area contributed by atoms with E-state index in [0.717, 1.165) is 16.8 Å². The van der Waals surface area contributed by atoms with Crippen LogP contribution in [0.2, 0.25) is 5.02 Å². The van der Waals surface area contributed by atoms with E-state index < -0.39 is 0 Å². The van der Waals surface area contributed by atoms with Crippen molar-refractivity contribution in [3.63, 3.8) is 0 Å². The maximum atomic E-state index is 11.9. The molecule has 0 aliphatic rings. The summed E-state index contributed by atoms with van der Waals surface area (Å²) in [5, 5.41) is 5.09. The van der Waals surface area contributed by atoms with Crippen molar-refractivity contribution in [2.24, 2.45) is 0 Å². The molecule has 1 aromatic heterocycles. The summed E-state index contributed by atoms with van der Waals surface area (Å²) < 4.78 is 1.45. The molecule has 0 aliphatic carbocycles. The lowest BCUT2D eigenvalue weighted by Crippen LogP contribution is -2.22. The topological polar surface area (TPSA) is 34.9 Å². The van der Waals surface area contributed by atoms with E-state index in [-0.39, 0.29) is 5.56 Å². The number of hydrogen-bond acceptors (Lipinski definition) is 2. The highest BCUT2D eigenvalue weighted by Gasteiger charge is 2.04. The molecular formula is C17H12ClN2O. The highest BCUT2D eigenvalue weighted by Crippen LogP contribution is 2.18. The second-order valence-electron chi connectivity index (χ2n) is 4.63. The molecule has 103 valence electrons. The zero-order chi connectivity index (χ0) is 14.7. The normalized spacial score (nSPS) is 10.5. The van der Waals surface area contributed by atoms with E-state index in [1.54, 1.807) is 18.2 Å². The molecule has 0 amide bonds. The van der Waals surface area contributed by atoms with Gasteiger partial charge in [0.1, 0.15) is 0 Å². The number of benzene rings is 2. The largest absolute Gasteiger partial charge is 0.268 e. The van der Waals surface area contributed by atoms with E-state index in [1.165, 1.54) is 10.7 Å². The van der Waals surface area contributed by atoms with Gasteiger partial charge >= 0.3 is 0 Å². The molecule has 1 heterocycles. The van der Waals surface area contributed by atoms with Crippen LogP contribution >= 0.6 is 11.6 Å². The molecule has 0 aliphatic heterocycles. The fourth-order valence-electron chi connectivity index (χ4n) is 2.04. The number of rotatable bonds is 3. The van der Waals surface area contributed by atoms with Crippen molar-refractivity contribution in [2.45, 2.75) is 6.54 Å². The van der Waals surface area contributed by atoms with E-state index in [4.69, 9.17) is 11.6 Å². The first-order valence-electron chi connectivity index (χ1n) is 6.51. The average molecular weight is 296 g/mol. The lowest BCUT2D eigenvalue weighted by Gasteiger charge is -2.07. The second-order valence-corrected chi connectivity index (χ2v) is 5.07. The average Bonchev–Trinajstić information content (AvgIpc) is 2.51. The molecular weight excluding hydrogens is 284 g/mol. The number of aromatic nitrogens is 2. The molecule has 0 bridgehead atoms. The minimum absolute atomic E-state index is 0.128. The van der Waals surface area contributed by atoms with Crippen molar-refractivity contribution in [3.05, 3.63) is 87.7 Å². The maximum absolute atomic E-state index is 11.9. The molecule has 21 heavy (non-hydrogen) atoms. The van der Waals surface area contributed by atoms with Gasteiger partial charge in [-0.25, -0.2) is 4.68 Å². The summed E-state index contributed by atoms with van der Waals surface area (Å²) in [5.74, 6) is 0. The van der Waals surface area contributed by atoms with Crippen LogP contribution in [-0.2, 0) is 6.54 Å². The van der Waals surface area contributed by atoms with Crippen LogP contribution in [0.25, 0.3) is 11.3 Å². The first kappa shape index (κ1) is 13.6. The van der Waals surface area contributed by atoms with Gasteiger partial charge in [-0.1, -0.05) is 41.9 Å². The lowest BCUT2D eigenvalue weighted by atomic mass is 10.1. The second kappa shape index (κ2) is 5.94. The standard InChI is InChI=1S/C17H12ClN2O/c18-15-8-6-14(7-9-15)16-10-11-17(21)20(19-16)12-13-4-2-1-3-5-13/h1-2,4-11H,12H2. The Balaban J connectivity index is 1.96. The van der Waals surface area contributed by atoms with Crippen LogP contribution in [0.4, 0.5) is 0 Å². The molecule has 3 aromatic rings. The molecule has 4 heteroatoms. The van der Waals surface area contributed by atoms with Crippen LogP contribution in [0.15, 0.2) is 65.5 Å². The predicted molar refractivity (Wildman–Crippen MR) is 83.3 cm³/mol. The Bertz CT molecular complexity index is 795. The van der Waals surface area contributed by atoms with Crippen molar-refractivity contribution >= 4 is 11.6 Å². The third-order valence-corrected chi connectivity index (χ3v) is 3.36. The minimum Gasteiger partial charge on any atom is -0.268 e. The zero-order valence-corrected chi connectivity index (χ0v) is 11.9. The number of halogens is 1. The molecule has 0 atom stereocenters. The van der Waals surface area contributed by atoms with Crippen molar-refractivity contribution in [1.29, 1.82) is 0 Å². The molecule has 2 aromatic carbocycles. The summed E-state index contributed by atoms with van der Waals surface area (Å²) in [6.07, 6.45) is 0. The van der Waals surface area contributed by atoms with Gasteiger partial charge in [-0.05, 0) is 35.9 Å². The van der Waals surface area contributed by atoms with Crippen molar-refractivity contribution in [2.75, 3.05) is 0 Å². The monoisotopic (exact) mass is 295 g/mol. The SMILES string of the molecule is O=c1ccc(-c2ccc(Cl)cc2)nn1Cc1c[c]ccc1. The van der Waals surface area contributed by atoms with Gasteiger partial charge in [0.05, 0.1) is 12.2 Å². The third kappa shape index (κ3) is 3.20. The van der Waals surface area contributed by atoms with E-state index in [2.05, 4.69) is 11.2 Å². The van der Waals surface area contributed by atoms with Gasteiger partial charge in [-0.3, -0.25) is 4.79 Å². The Morgan fingerprint density at radius 3 is 2.62 bits per heavy atom. The van der Waals surface area contributed by atoms with E-state index in [9.17, 15) is 4.79 Å². The molecule has 0 fully saturated rings. The quantitative estimate of drug-likeness (QED) is 0.742. The van der Waals surface area contributed by atoms with E-state index >= 15 is 0 Å². The van der Waals surface area contributed by atoms with Gasteiger partial charge in [0.2, 0.25) is 0 Å². The Hall–Kier alpha value is -2.39. The predicted octanol–water partition coefficient (Wildman–Crippen LogP) is 3.41. The first-order chi connectivity index (χ1) is 10.2. The van der Waals surface area contributed by atoms with Gasteiger partial charge in [0.15, 0.2) is 0 Å². The molecule has 0 saturated heterocycles. The van der Waals surface area contributed by atoms with Crippen molar-refractivity contribution in [3.8, 4) is 11.3 Å². The maximum Gasteiger partial charge on any atom is 0.267 e. The first-order valence-corrected chi connectivity index (χ1v) is 6.89. The fraction of sp³-hybridized carbons (Fsp3) is 0.0588. The summed E-state index contributed by atoms with van der Waals surface area (Å²) in [4.78, 5) is 11.9. The third-order valence-electron chi connectivity index (χ3n) is 3.11. The van der Waals surface area contributed by atoms with Crippen LogP contribution in [0, 0.1) is 6.07 Å². The van der Waals surface area contributed by atoms with Crippen molar-refractivity contribution < 1.29 is 0 Å². The lowest BCUT2D eigenvalue weighted by molar-refractivity contribution is 0.642. The summed E-state index contributed by atoms with van der Waals surface area (Å²) >= 11 is 5.88. The van der Waals surface area contributed by atoms with Gasteiger partial charge in [0, 0.05) is 16.7 Å². The van der Waals surface area contributed by atoms with Crippen LogP contribution < -0.4 is 5.56 Å². The van der Waals surface area contributed by atoms with Gasteiger partial charge < -0.3 is 0 Å². The summed E-state index contributed by atoms with van der Waals surface area (Å²) in [5.41, 5.74) is 2.52. The zero-order valence-electron chi connectivity index (χ0n) is 11.2. The molecule has 3 rings (SSSR count). The Morgan fingerprint density at radius 2 is 1.90 bits per heavy atom. The smallest absolute Gasteiger partial charge is 0.267 e. The number of hydrogen-bond donors (Lipinski definition) is 0. The molecule has 3 nitrogen and oxygen atoms in total. The van der Waals surface area contributed by atoms with Crippen molar-refractivity contribution in [1.82, 2.24) is 9.78 Å². The van der Waals surface area contributed by atoms with Crippen LogP contribution in [-0.4, -0.2) is 9.78 Å². The Kier molecular flexibility index (Phi) is 3.84. The summed E-state index contributed by atoms with van der Waals surface area (Å²) in [6.45, 7) is 0.428. The molecule has 1 radical (unpaired) electrons. The Labute approximate surface area is 127 Å². The minimum atomic E-state index is -0.128. The van der Waals surface area contributed by atoms with Gasteiger partial charge in [0.25, 0.3) is 5.56 Å². The molecule has 0 saturated carbocycles. The van der Waals surface area contributed by atoms with Crippen LogP contribution in [0.5, 0.6) is 0 Å². The van der Waals surface area contributed by atoms with Gasteiger partial charge in [-0.2, -0.15) is 5.10 Å². The summed E-state index contributed by atoms with van der Waals surface area (Å²) in [7, 11) is 0. The molecule has 0 N–H and O–H groups in total. The van der Waals surface area contributed by atoms with Crippen LogP contribution in [0.1, 0.15) is 5.56 Å². The molecule has 0 spiro atoms. The summed E-state index contributed by atoms with van der Waals surface area (Å²) in [6, 6.07) is 21.1.